The summed E-state index contributed by atoms with van der Waals surface area (Å²) in [5.74, 6) is 2.03. The molecule has 2 N–H and O–H groups in total. The predicted octanol–water partition coefficient (Wildman–Crippen LogP) is 3.69. The zero-order chi connectivity index (χ0) is 20.8. The summed E-state index contributed by atoms with van der Waals surface area (Å²) in [7, 11) is 0. The topological polar surface area (TPSA) is 102 Å². The van der Waals surface area contributed by atoms with Crippen molar-refractivity contribution in [2.45, 2.75) is 32.2 Å². The summed E-state index contributed by atoms with van der Waals surface area (Å²) >= 11 is 0. The highest BCUT2D eigenvalue weighted by Gasteiger charge is 2.25. The lowest BCUT2D eigenvalue weighted by Gasteiger charge is -2.07. The van der Waals surface area contributed by atoms with E-state index in [4.69, 9.17) is 4.98 Å². The van der Waals surface area contributed by atoms with Gasteiger partial charge >= 0.3 is 0 Å². The Morgan fingerprint density at radius 1 is 1.16 bits per heavy atom. The molecule has 154 valence electrons. The Labute approximate surface area is 178 Å². The van der Waals surface area contributed by atoms with E-state index in [9.17, 15) is 0 Å². The molecule has 0 saturated heterocycles. The Hall–Kier alpha value is -4.01. The molecule has 0 bridgehead atoms. The van der Waals surface area contributed by atoms with Crippen LogP contribution in [0.1, 0.15) is 35.8 Å². The van der Waals surface area contributed by atoms with E-state index in [0.717, 1.165) is 34.1 Å². The average Bonchev–Trinajstić information content (AvgIpc) is 3.15. The van der Waals surface area contributed by atoms with Crippen LogP contribution in [0.2, 0.25) is 0 Å². The summed E-state index contributed by atoms with van der Waals surface area (Å²) in [6.45, 7) is 2.58. The van der Waals surface area contributed by atoms with Gasteiger partial charge in [0.05, 0.1) is 29.8 Å². The van der Waals surface area contributed by atoms with Gasteiger partial charge in [-0.1, -0.05) is 6.07 Å². The molecule has 1 aliphatic rings. The smallest absolute Gasteiger partial charge is 0.215 e. The lowest BCUT2D eigenvalue weighted by atomic mass is 10.2. The van der Waals surface area contributed by atoms with Crippen molar-refractivity contribution in [3.8, 4) is 11.3 Å². The van der Waals surface area contributed by atoms with Gasteiger partial charge < -0.3 is 5.32 Å². The van der Waals surface area contributed by atoms with E-state index in [1.54, 1.807) is 6.20 Å². The fourth-order valence-electron chi connectivity index (χ4n) is 3.71. The van der Waals surface area contributed by atoms with Crippen LogP contribution in [0.5, 0.6) is 0 Å². The molecular weight excluding hydrogens is 390 g/mol. The van der Waals surface area contributed by atoms with Crippen LogP contribution in [0.3, 0.4) is 0 Å². The number of hydrogen-bond donors (Lipinski definition) is 2. The summed E-state index contributed by atoms with van der Waals surface area (Å²) in [4.78, 5) is 13.9. The second kappa shape index (κ2) is 7.05. The molecule has 5 aromatic rings. The molecular formula is C22H21N9. The van der Waals surface area contributed by atoms with Gasteiger partial charge in [-0.2, -0.15) is 10.2 Å². The zero-order valence-electron chi connectivity index (χ0n) is 17.0. The van der Waals surface area contributed by atoms with Gasteiger partial charge in [0, 0.05) is 47.9 Å². The van der Waals surface area contributed by atoms with Crippen LogP contribution in [0.4, 0.5) is 11.8 Å². The fraction of sp³-hybridized carbons (Fsp3) is 0.227. The molecule has 0 aromatic carbocycles. The summed E-state index contributed by atoms with van der Waals surface area (Å²) in [5.41, 5.74) is 5.59. The fourth-order valence-corrected chi connectivity index (χ4v) is 3.71. The van der Waals surface area contributed by atoms with E-state index in [-0.39, 0.29) is 0 Å². The minimum Gasteiger partial charge on any atom is -0.308 e. The third kappa shape index (κ3) is 3.54. The van der Waals surface area contributed by atoms with Gasteiger partial charge in [0.1, 0.15) is 5.65 Å². The van der Waals surface area contributed by atoms with Gasteiger partial charge in [0.2, 0.25) is 5.95 Å². The SMILES string of the molecule is Cc1cn2c(Nc3cc(C4CC4)[nH]n3)nc(-c3cnn(Cc4ccccn4)c3)cc2n1. The van der Waals surface area contributed by atoms with Crippen molar-refractivity contribution in [2.24, 2.45) is 0 Å². The van der Waals surface area contributed by atoms with Gasteiger partial charge in [-0.3, -0.25) is 19.2 Å². The minimum atomic E-state index is 0.605. The van der Waals surface area contributed by atoms with Crippen molar-refractivity contribution in [2.75, 3.05) is 5.32 Å². The maximum Gasteiger partial charge on any atom is 0.215 e. The van der Waals surface area contributed by atoms with Gasteiger partial charge in [-0.25, -0.2) is 9.97 Å². The van der Waals surface area contributed by atoms with Crippen LogP contribution >= 0.6 is 0 Å². The van der Waals surface area contributed by atoms with E-state index in [1.165, 1.54) is 18.5 Å². The molecule has 6 rings (SSSR count). The number of hydrogen-bond acceptors (Lipinski definition) is 6. The number of fused-ring (bicyclic) bond motifs is 1. The number of rotatable bonds is 6. The standard InChI is InChI=1S/C22H21N9/c1-14-11-31-21(25-14)9-18(16-10-24-30(12-16)13-17-4-2-3-7-23-17)26-22(31)27-20-8-19(28-29-20)15-5-6-15/h2-4,7-12,15H,5-6,13H2,1H3,(H2,26,27,28,29). The molecule has 1 saturated carbocycles. The number of nitrogens with zero attached hydrogens (tertiary/aromatic N) is 7. The number of anilines is 2. The Balaban J connectivity index is 1.34. The maximum absolute atomic E-state index is 4.86. The molecule has 9 nitrogen and oxygen atoms in total. The van der Waals surface area contributed by atoms with Gasteiger partial charge in [-0.15, -0.1) is 0 Å². The first-order chi connectivity index (χ1) is 15.2. The summed E-state index contributed by atoms with van der Waals surface area (Å²) in [6.07, 6.45) is 10.0. The Kier molecular flexibility index (Phi) is 4.05. The molecule has 0 unspecified atom stereocenters. The average molecular weight is 411 g/mol. The molecule has 0 amide bonds. The first-order valence-corrected chi connectivity index (χ1v) is 10.3. The molecule has 1 fully saturated rings. The van der Waals surface area contributed by atoms with Gasteiger partial charge in [0.15, 0.2) is 5.82 Å². The quantitative estimate of drug-likeness (QED) is 0.442. The van der Waals surface area contributed by atoms with Crippen LogP contribution in [0.25, 0.3) is 16.9 Å². The lowest BCUT2D eigenvalue weighted by Crippen LogP contribution is -2.03. The number of aromatic amines is 1. The number of pyridine rings is 1. The highest BCUT2D eigenvalue weighted by molar-refractivity contribution is 5.66. The second-order valence-corrected chi connectivity index (χ2v) is 7.93. The van der Waals surface area contributed by atoms with Crippen LogP contribution in [0.15, 0.2) is 55.1 Å². The van der Waals surface area contributed by atoms with Crippen LogP contribution < -0.4 is 5.32 Å². The van der Waals surface area contributed by atoms with Crippen LogP contribution in [0, 0.1) is 6.92 Å². The van der Waals surface area contributed by atoms with E-state index in [1.807, 2.05) is 58.9 Å². The summed E-state index contributed by atoms with van der Waals surface area (Å²) in [6, 6.07) is 9.91. The van der Waals surface area contributed by atoms with E-state index in [2.05, 4.69) is 36.6 Å². The van der Waals surface area contributed by atoms with E-state index in [0.29, 0.717) is 18.4 Å². The van der Waals surface area contributed by atoms with Crippen molar-refractivity contribution in [3.63, 3.8) is 0 Å². The Bertz CT molecular complexity index is 1360. The number of H-pyrrole nitrogens is 1. The second-order valence-electron chi connectivity index (χ2n) is 7.93. The molecule has 5 aromatic heterocycles. The maximum atomic E-state index is 4.86. The highest BCUT2D eigenvalue weighted by Crippen LogP contribution is 2.39. The number of aromatic nitrogens is 8. The van der Waals surface area contributed by atoms with Gasteiger partial charge in [0.25, 0.3) is 0 Å². The molecule has 0 aliphatic heterocycles. The number of imidazole rings is 1. The first kappa shape index (κ1) is 17.8. The summed E-state index contributed by atoms with van der Waals surface area (Å²) in [5, 5.41) is 15.4. The molecule has 0 radical (unpaired) electrons. The monoisotopic (exact) mass is 411 g/mol. The van der Waals surface area contributed by atoms with Crippen molar-refractivity contribution < 1.29 is 0 Å². The predicted molar refractivity (Wildman–Crippen MR) is 116 cm³/mol. The van der Waals surface area contributed by atoms with Crippen molar-refractivity contribution in [3.05, 3.63) is 72.2 Å². The van der Waals surface area contributed by atoms with Crippen molar-refractivity contribution >= 4 is 17.4 Å². The third-order valence-electron chi connectivity index (χ3n) is 5.41. The van der Waals surface area contributed by atoms with Gasteiger partial charge in [-0.05, 0) is 31.9 Å². The molecule has 31 heavy (non-hydrogen) atoms. The molecule has 9 heteroatoms. The Morgan fingerprint density at radius 2 is 2.10 bits per heavy atom. The third-order valence-corrected chi connectivity index (χ3v) is 5.41. The molecule has 0 spiro atoms. The molecule has 5 heterocycles. The van der Waals surface area contributed by atoms with E-state index >= 15 is 0 Å². The van der Waals surface area contributed by atoms with Crippen molar-refractivity contribution in [1.29, 1.82) is 0 Å². The zero-order valence-corrected chi connectivity index (χ0v) is 17.0. The van der Waals surface area contributed by atoms with Crippen molar-refractivity contribution in [1.82, 2.24) is 39.3 Å². The Morgan fingerprint density at radius 3 is 2.94 bits per heavy atom. The lowest BCUT2D eigenvalue weighted by molar-refractivity contribution is 0.673. The van der Waals surface area contributed by atoms with E-state index < -0.39 is 0 Å². The largest absolute Gasteiger partial charge is 0.308 e. The first-order valence-electron chi connectivity index (χ1n) is 10.3. The molecule has 1 aliphatic carbocycles. The molecule has 0 atom stereocenters. The van der Waals surface area contributed by atoms with Crippen LogP contribution in [-0.2, 0) is 6.54 Å². The number of nitrogens with one attached hydrogen (secondary N) is 2. The summed E-state index contributed by atoms with van der Waals surface area (Å²) < 4.78 is 3.81. The minimum absolute atomic E-state index is 0.605. The van der Waals surface area contributed by atoms with Crippen LogP contribution in [-0.4, -0.2) is 39.3 Å². The normalized spacial score (nSPS) is 13.7. The number of aryl methyl sites for hydroxylation is 1. The highest BCUT2D eigenvalue weighted by atomic mass is 15.3.